The fourth-order valence-corrected chi connectivity index (χ4v) is 4.36. The summed E-state index contributed by atoms with van der Waals surface area (Å²) in [5, 5.41) is 0. The molecule has 0 bridgehead atoms. The van der Waals surface area contributed by atoms with Gasteiger partial charge < -0.3 is 0 Å². The van der Waals surface area contributed by atoms with Gasteiger partial charge in [-0.25, -0.2) is 8.42 Å². The van der Waals surface area contributed by atoms with E-state index < -0.39 is 10.0 Å². The van der Waals surface area contributed by atoms with Gasteiger partial charge in [-0.2, -0.15) is 4.31 Å². The maximum absolute atomic E-state index is 12.6. The quantitative estimate of drug-likeness (QED) is 0.796. The standard InChI is InChI=1S/C15H22ClNO2S/c1-2-13-4-3-10-17(11-9-13)20(18,19)15-7-5-14(12-16)6-8-15/h5-8,13H,2-4,9-12H2,1H3. The third-order valence-electron chi connectivity index (χ3n) is 4.10. The Morgan fingerprint density at radius 3 is 2.50 bits per heavy atom. The van der Waals surface area contributed by atoms with Crippen molar-refractivity contribution in [2.24, 2.45) is 5.92 Å². The van der Waals surface area contributed by atoms with E-state index in [2.05, 4.69) is 6.92 Å². The van der Waals surface area contributed by atoms with Crippen molar-refractivity contribution >= 4 is 21.6 Å². The minimum absolute atomic E-state index is 0.376. The smallest absolute Gasteiger partial charge is 0.207 e. The van der Waals surface area contributed by atoms with E-state index in [0.29, 0.717) is 29.8 Å². The van der Waals surface area contributed by atoms with Gasteiger partial charge in [-0.1, -0.05) is 25.5 Å². The zero-order valence-electron chi connectivity index (χ0n) is 11.9. The number of hydrogen-bond donors (Lipinski definition) is 0. The highest BCUT2D eigenvalue weighted by Gasteiger charge is 2.26. The van der Waals surface area contributed by atoms with Crippen molar-refractivity contribution in [1.82, 2.24) is 4.31 Å². The summed E-state index contributed by atoms with van der Waals surface area (Å²) in [5.41, 5.74) is 0.938. The highest BCUT2D eigenvalue weighted by molar-refractivity contribution is 7.89. The van der Waals surface area contributed by atoms with Crippen LogP contribution in [-0.4, -0.2) is 25.8 Å². The van der Waals surface area contributed by atoms with E-state index >= 15 is 0 Å². The molecule has 20 heavy (non-hydrogen) atoms. The first-order chi connectivity index (χ1) is 9.57. The van der Waals surface area contributed by atoms with Gasteiger partial charge in [0.05, 0.1) is 4.90 Å². The van der Waals surface area contributed by atoms with Crippen LogP contribution in [-0.2, 0) is 15.9 Å². The van der Waals surface area contributed by atoms with Gasteiger partial charge in [0.25, 0.3) is 0 Å². The molecular weight excluding hydrogens is 294 g/mol. The molecule has 1 atom stereocenters. The van der Waals surface area contributed by atoms with Crippen LogP contribution in [0.1, 0.15) is 38.2 Å². The van der Waals surface area contributed by atoms with Crippen molar-refractivity contribution < 1.29 is 8.42 Å². The van der Waals surface area contributed by atoms with Crippen LogP contribution in [0.3, 0.4) is 0 Å². The first-order valence-electron chi connectivity index (χ1n) is 7.23. The predicted molar refractivity (Wildman–Crippen MR) is 82.4 cm³/mol. The molecule has 0 radical (unpaired) electrons. The summed E-state index contributed by atoms with van der Waals surface area (Å²) in [6.07, 6.45) is 4.19. The van der Waals surface area contributed by atoms with E-state index in [1.54, 1.807) is 28.6 Å². The van der Waals surface area contributed by atoms with Gasteiger partial charge in [0, 0.05) is 19.0 Å². The Bertz CT molecular complexity index is 527. The van der Waals surface area contributed by atoms with E-state index in [-0.39, 0.29) is 0 Å². The minimum atomic E-state index is -3.35. The second kappa shape index (κ2) is 6.92. The predicted octanol–water partition coefficient (Wildman–Crippen LogP) is 3.63. The summed E-state index contributed by atoms with van der Waals surface area (Å²) in [6.45, 7) is 3.45. The summed E-state index contributed by atoms with van der Waals surface area (Å²) in [5.74, 6) is 1.07. The van der Waals surface area contributed by atoms with Crippen LogP contribution >= 0.6 is 11.6 Å². The van der Waals surface area contributed by atoms with E-state index in [9.17, 15) is 8.42 Å². The Balaban J connectivity index is 2.16. The molecule has 1 heterocycles. The van der Waals surface area contributed by atoms with Crippen molar-refractivity contribution in [3.63, 3.8) is 0 Å². The number of hydrogen-bond acceptors (Lipinski definition) is 2. The molecule has 1 unspecified atom stereocenters. The van der Waals surface area contributed by atoms with Gasteiger partial charge in [-0.05, 0) is 42.9 Å². The van der Waals surface area contributed by atoms with Crippen molar-refractivity contribution in [2.75, 3.05) is 13.1 Å². The molecule has 3 nitrogen and oxygen atoms in total. The molecule has 2 rings (SSSR count). The van der Waals surface area contributed by atoms with Crippen molar-refractivity contribution in [1.29, 1.82) is 0 Å². The SMILES string of the molecule is CCC1CCCN(S(=O)(=O)c2ccc(CCl)cc2)CC1. The Kier molecular flexibility index (Phi) is 5.47. The van der Waals surface area contributed by atoms with Crippen LogP contribution in [0, 0.1) is 5.92 Å². The molecule has 0 aromatic heterocycles. The zero-order chi connectivity index (χ0) is 14.6. The van der Waals surface area contributed by atoms with Crippen LogP contribution in [0.25, 0.3) is 0 Å². The summed E-state index contributed by atoms with van der Waals surface area (Å²) < 4.78 is 26.9. The van der Waals surface area contributed by atoms with Crippen LogP contribution in [0.5, 0.6) is 0 Å². The van der Waals surface area contributed by atoms with E-state index in [0.717, 1.165) is 31.2 Å². The van der Waals surface area contributed by atoms with E-state index in [1.807, 2.05) is 0 Å². The highest BCUT2D eigenvalue weighted by Crippen LogP contribution is 2.25. The number of sulfonamides is 1. The lowest BCUT2D eigenvalue weighted by molar-refractivity contribution is 0.407. The second-order valence-electron chi connectivity index (χ2n) is 5.39. The fourth-order valence-electron chi connectivity index (χ4n) is 2.69. The van der Waals surface area contributed by atoms with Crippen molar-refractivity contribution in [3.8, 4) is 0 Å². The van der Waals surface area contributed by atoms with Gasteiger partial charge in [-0.3, -0.25) is 0 Å². The molecule has 1 aliphatic rings. The Labute approximate surface area is 127 Å². The third kappa shape index (κ3) is 3.54. The number of alkyl halides is 1. The molecule has 0 amide bonds. The molecule has 0 aliphatic carbocycles. The van der Waals surface area contributed by atoms with Crippen molar-refractivity contribution in [3.05, 3.63) is 29.8 Å². The molecule has 0 saturated carbocycles. The van der Waals surface area contributed by atoms with E-state index in [1.165, 1.54) is 0 Å². The van der Waals surface area contributed by atoms with Gasteiger partial charge >= 0.3 is 0 Å². The molecule has 1 aromatic carbocycles. The lowest BCUT2D eigenvalue weighted by Gasteiger charge is -2.20. The van der Waals surface area contributed by atoms with Gasteiger partial charge in [0.1, 0.15) is 0 Å². The van der Waals surface area contributed by atoms with Crippen LogP contribution in [0.15, 0.2) is 29.2 Å². The molecule has 0 spiro atoms. The number of benzene rings is 1. The molecule has 5 heteroatoms. The number of rotatable bonds is 4. The topological polar surface area (TPSA) is 37.4 Å². The molecule has 112 valence electrons. The lowest BCUT2D eigenvalue weighted by Crippen LogP contribution is -2.32. The molecule has 1 aromatic rings. The second-order valence-corrected chi connectivity index (χ2v) is 7.59. The zero-order valence-corrected chi connectivity index (χ0v) is 13.5. The maximum Gasteiger partial charge on any atom is 0.243 e. The first kappa shape index (κ1) is 15.8. The first-order valence-corrected chi connectivity index (χ1v) is 9.20. The Hall–Kier alpha value is -0.580. The summed E-state index contributed by atoms with van der Waals surface area (Å²) in [7, 11) is -3.35. The molecule has 0 N–H and O–H groups in total. The van der Waals surface area contributed by atoms with Gasteiger partial charge in [-0.15, -0.1) is 11.6 Å². The number of nitrogens with zero attached hydrogens (tertiary/aromatic N) is 1. The highest BCUT2D eigenvalue weighted by atomic mass is 35.5. The van der Waals surface area contributed by atoms with Crippen LogP contribution in [0.2, 0.25) is 0 Å². The largest absolute Gasteiger partial charge is 0.243 e. The molecular formula is C15H22ClNO2S. The minimum Gasteiger partial charge on any atom is -0.207 e. The maximum atomic E-state index is 12.6. The normalized spacial score (nSPS) is 21.6. The van der Waals surface area contributed by atoms with Gasteiger partial charge in [0.15, 0.2) is 0 Å². The number of halogens is 1. The van der Waals surface area contributed by atoms with Crippen LogP contribution in [0.4, 0.5) is 0 Å². The molecule has 1 aliphatic heterocycles. The van der Waals surface area contributed by atoms with Crippen molar-refractivity contribution in [2.45, 2.75) is 43.4 Å². The molecule has 1 saturated heterocycles. The Morgan fingerprint density at radius 2 is 1.90 bits per heavy atom. The summed E-state index contributed by atoms with van der Waals surface area (Å²) >= 11 is 5.74. The van der Waals surface area contributed by atoms with Gasteiger partial charge in [0.2, 0.25) is 10.0 Å². The van der Waals surface area contributed by atoms with Crippen LogP contribution < -0.4 is 0 Å². The summed E-state index contributed by atoms with van der Waals surface area (Å²) in [4.78, 5) is 0.376. The van der Waals surface area contributed by atoms with E-state index in [4.69, 9.17) is 11.6 Å². The Morgan fingerprint density at radius 1 is 1.20 bits per heavy atom. The lowest BCUT2D eigenvalue weighted by atomic mass is 9.98. The molecule has 1 fully saturated rings. The summed E-state index contributed by atoms with van der Waals surface area (Å²) in [6, 6.07) is 6.89. The monoisotopic (exact) mass is 315 g/mol. The third-order valence-corrected chi connectivity index (χ3v) is 6.32. The average Bonchev–Trinajstić information content (AvgIpc) is 2.73. The fraction of sp³-hybridized carbons (Fsp3) is 0.600. The average molecular weight is 316 g/mol.